The molecule has 0 fully saturated rings. The molecule has 12 nitrogen and oxygen atoms in total. The van der Waals surface area contributed by atoms with Gasteiger partial charge < -0.3 is 9.47 Å². The van der Waals surface area contributed by atoms with E-state index >= 15 is 0 Å². The second-order valence-corrected chi connectivity index (χ2v) is 8.55. The molecule has 0 aliphatic carbocycles. The van der Waals surface area contributed by atoms with E-state index in [1.807, 2.05) is 0 Å². The Bertz CT molecular complexity index is 1210. The summed E-state index contributed by atoms with van der Waals surface area (Å²) in [5.41, 5.74) is 0.915. The fourth-order valence-electron chi connectivity index (χ4n) is 2.90. The highest BCUT2D eigenvalue weighted by atomic mass is 32.2. The molecule has 3 aromatic heterocycles. The number of sulfonamides is 1. The molecule has 0 radical (unpaired) electrons. The largest absolute Gasteiger partial charge is 0.481 e. The Morgan fingerprint density at radius 2 is 2.03 bits per heavy atom. The monoisotopic (exact) mass is 458 g/mol. The first-order valence-corrected chi connectivity index (χ1v) is 10.8. The van der Waals surface area contributed by atoms with Crippen LogP contribution in [-0.4, -0.2) is 71.3 Å². The summed E-state index contributed by atoms with van der Waals surface area (Å²) in [5.74, 6) is 0.237. The van der Waals surface area contributed by atoms with Crippen LogP contribution in [0, 0.1) is 5.41 Å². The third-order valence-corrected chi connectivity index (χ3v) is 6.27. The summed E-state index contributed by atoms with van der Waals surface area (Å²) in [5, 5.41) is 14.8. The maximum atomic E-state index is 13.1. The number of rotatable bonds is 9. The molecule has 0 saturated carbocycles. The van der Waals surface area contributed by atoms with Crippen LogP contribution in [0.1, 0.15) is 6.92 Å². The molecule has 168 valence electrons. The van der Waals surface area contributed by atoms with Gasteiger partial charge >= 0.3 is 0 Å². The van der Waals surface area contributed by atoms with E-state index in [4.69, 9.17) is 14.9 Å². The number of methoxy groups -OCH3 is 2. The standard InChI is InChI=1S/C19H22N8O4S/c1-12(16(31-4)17(20)21-2)32(28,29)26-19-25-24-18(14-8-5-9-15(23-14)30-3)27(19)13-7-6-10-22-11-13/h5-12,16,20H,2H2,1,3-4H3,(H,25,26)/t12-,16-/m0/s1. The predicted molar refractivity (Wildman–Crippen MR) is 119 cm³/mol. The SMILES string of the molecule is C=NC(=N)[C@@H](OC)[C@H](C)S(=O)(=O)Nc1nnc(-c2cccc(OC)n2)n1-c1cccnc1. The highest BCUT2D eigenvalue weighted by Crippen LogP contribution is 2.26. The number of anilines is 1. The van der Waals surface area contributed by atoms with Gasteiger partial charge in [-0.3, -0.25) is 19.7 Å². The number of hydrogen-bond donors (Lipinski definition) is 2. The van der Waals surface area contributed by atoms with Gasteiger partial charge in [0.05, 0.1) is 19.0 Å². The number of pyridine rings is 2. The quantitative estimate of drug-likeness (QED) is 0.361. The van der Waals surface area contributed by atoms with E-state index in [1.165, 1.54) is 31.9 Å². The molecule has 3 heterocycles. The molecule has 0 aliphatic rings. The summed E-state index contributed by atoms with van der Waals surface area (Å²) in [7, 11) is -1.30. The van der Waals surface area contributed by atoms with E-state index in [1.54, 1.807) is 36.5 Å². The van der Waals surface area contributed by atoms with Crippen molar-refractivity contribution in [2.24, 2.45) is 4.99 Å². The van der Waals surface area contributed by atoms with Crippen molar-refractivity contribution in [3.8, 4) is 23.1 Å². The van der Waals surface area contributed by atoms with E-state index in [0.717, 1.165) is 0 Å². The fourth-order valence-corrected chi connectivity index (χ4v) is 4.04. The molecular formula is C19H22N8O4S. The van der Waals surface area contributed by atoms with Gasteiger partial charge in [0.25, 0.3) is 0 Å². The van der Waals surface area contributed by atoms with E-state index in [9.17, 15) is 8.42 Å². The van der Waals surface area contributed by atoms with Gasteiger partial charge in [0.2, 0.25) is 21.9 Å². The van der Waals surface area contributed by atoms with Crippen LogP contribution in [-0.2, 0) is 14.8 Å². The molecule has 3 aromatic rings. The zero-order valence-corrected chi connectivity index (χ0v) is 18.4. The fraction of sp³-hybridized carbons (Fsp3) is 0.263. The first-order valence-electron chi connectivity index (χ1n) is 9.29. The first kappa shape index (κ1) is 23.0. The van der Waals surface area contributed by atoms with Gasteiger partial charge in [0.1, 0.15) is 22.9 Å². The van der Waals surface area contributed by atoms with Crippen molar-refractivity contribution >= 4 is 28.5 Å². The Kier molecular flexibility index (Phi) is 6.90. The molecule has 0 bridgehead atoms. The van der Waals surface area contributed by atoms with Gasteiger partial charge in [-0.1, -0.05) is 6.07 Å². The highest BCUT2D eigenvalue weighted by Gasteiger charge is 2.34. The molecule has 2 N–H and O–H groups in total. The summed E-state index contributed by atoms with van der Waals surface area (Å²) in [6.45, 7) is 4.66. The molecule has 32 heavy (non-hydrogen) atoms. The molecule has 0 amide bonds. The highest BCUT2D eigenvalue weighted by molar-refractivity contribution is 7.93. The lowest BCUT2D eigenvalue weighted by molar-refractivity contribution is 0.153. The normalized spacial score (nSPS) is 13.2. The number of nitrogens with one attached hydrogen (secondary N) is 2. The van der Waals surface area contributed by atoms with E-state index in [0.29, 0.717) is 17.3 Å². The maximum Gasteiger partial charge on any atom is 0.243 e. The minimum atomic E-state index is -4.08. The average Bonchev–Trinajstić information content (AvgIpc) is 3.22. The summed E-state index contributed by atoms with van der Waals surface area (Å²) in [4.78, 5) is 11.9. The molecular weight excluding hydrogens is 436 g/mol. The lowest BCUT2D eigenvalue weighted by Crippen LogP contribution is -2.41. The van der Waals surface area contributed by atoms with Crippen molar-refractivity contribution in [2.75, 3.05) is 18.9 Å². The van der Waals surface area contributed by atoms with Crippen LogP contribution in [0.4, 0.5) is 5.95 Å². The molecule has 0 unspecified atom stereocenters. The predicted octanol–water partition coefficient (Wildman–Crippen LogP) is 1.56. The third kappa shape index (κ3) is 4.63. The number of amidine groups is 1. The molecule has 0 aliphatic heterocycles. The number of aromatic nitrogens is 5. The van der Waals surface area contributed by atoms with E-state index in [2.05, 4.69) is 36.6 Å². The van der Waals surface area contributed by atoms with Crippen LogP contribution in [0.3, 0.4) is 0 Å². The average molecular weight is 459 g/mol. The molecule has 0 spiro atoms. The smallest absolute Gasteiger partial charge is 0.243 e. The van der Waals surface area contributed by atoms with Crippen molar-refractivity contribution in [1.29, 1.82) is 5.41 Å². The number of nitrogens with zero attached hydrogens (tertiary/aromatic N) is 6. The molecule has 0 saturated heterocycles. The zero-order chi connectivity index (χ0) is 23.3. The maximum absolute atomic E-state index is 13.1. The number of hydrogen-bond acceptors (Lipinski definition) is 9. The van der Waals surface area contributed by atoms with Gasteiger partial charge in [0, 0.05) is 19.4 Å². The van der Waals surface area contributed by atoms with Crippen LogP contribution in [0.5, 0.6) is 5.88 Å². The van der Waals surface area contributed by atoms with Crippen molar-refractivity contribution in [2.45, 2.75) is 18.3 Å². The second-order valence-electron chi connectivity index (χ2n) is 6.51. The Labute approximate surface area is 184 Å². The van der Waals surface area contributed by atoms with Crippen molar-refractivity contribution < 1.29 is 17.9 Å². The second kappa shape index (κ2) is 9.62. The van der Waals surface area contributed by atoms with Gasteiger partial charge in [-0.05, 0) is 31.8 Å². The Morgan fingerprint density at radius 1 is 1.25 bits per heavy atom. The summed E-state index contributed by atoms with van der Waals surface area (Å²) < 4.78 is 40.4. The zero-order valence-electron chi connectivity index (χ0n) is 17.6. The number of aliphatic imine (C=N–C) groups is 1. The van der Waals surface area contributed by atoms with Gasteiger partial charge in [-0.2, -0.15) is 0 Å². The van der Waals surface area contributed by atoms with E-state index < -0.39 is 21.4 Å². The molecule has 3 rings (SSSR count). The molecule has 13 heteroatoms. The summed E-state index contributed by atoms with van der Waals surface area (Å²) in [6, 6.07) is 8.51. The Hall–Kier alpha value is -3.71. The lowest BCUT2D eigenvalue weighted by atomic mass is 10.2. The summed E-state index contributed by atoms with van der Waals surface area (Å²) in [6.07, 6.45) is 1.99. The Morgan fingerprint density at radius 3 is 2.66 bits per heavy atom. The third-order valence-electron chi connectivity index (χ3n) is 4.57. The van der Waals surface area contributed by atoms with Gasteiger partial charge in [0.15, 0.2) is 5.82 Å². The molecule has 2 atom stereocenters. The lowest BCUT2D eigenvalue weighted by Gasteiger charge is -2.22. The van der Waals surface area contributed by atoms with Crippen molar-refractivity contribution in [1.82, 2.24) is 24.7 Å². The minimum absolute atomic E-state index is 0.0857. The summed E-state index contributed by atoms with van der Waals surface area (Å²) >= 11 is 0. The van der Waals surface area contributed by atoms with Gasteiger partial charge in [-0.25, -0.2) is 18.4 Å². The van der Waals surface area contributed by atoms with Crippen molar-refractivity contribution in [3.63, 3.8) is 0 Å². The first-order chi connectivity index (χ1) is 15.3. The number of ether oxygens (including phenoxy) is 2. The van der Waals surface area contributed by atoms with Crippen LogP contribution in [0.2, 0.25) is 0 Å². The van der Waals surface area contributed by atoms with Crippen LogP contribution >= 0.6 is 0 Å². The topological polar surface area (TPSA) is 157 Å². The molecule has 0 aromatic carbocycles. The van der Waals surface area contributed by atoms with Crippen LogP contribution in [0.15, 0.2) is 47.7 Å². The van der Waals surface area contributed by atoms with Gasteiger partial charge in [-0.15, -0.1) is 10.2 Å². The van der Waals surface area contributed by atoms with E-state index in [-0.39, 0.29) is 17.6 Å². The minimum Gasteiger partial charge on any atom is -0.481 e. The Balaban J connectivity index is 2.08. The van der Waals surface area contributed by atoms with Crippen molar-refractivity contribution in [3.05, 3.63) is 42.7 Å². The van der Waals surface area contributed by atoms with Crippen LogP contribution < -0.4 is 9.46 Å². The van der Waals surface area contributed by atoms with Crippen LogP contribution in [0.25, 0.3) is 17.2 Å².